The molecule has 46 heavy (non-hydrogen) atoms. The number of anilines is 1. The van der Waals surface area contributed by atoms with Gasteiger partial charge in [0.25, 0.3) is 10.0 Å². The average molecular weight is 711 g/mol. The zero-order valence-corrected chi connectivity index (χ0v) is 29.1. The van der Waals surface area contributed by atoms with E-state index in [1.54, 1.807) is 18.2 Å². The first-order chi connectivity index (χ1) is 22.0. The van der Waals surface area contributed by atoms with Crippen LogP contribution in [0.1, 0.15) is 51.0 Å². The third-order valence-electron chi connectivity index (χ3n) is 8.03. The van der Waals surface area contributed by atoms with E-state index in [4.69, 9.17) is 44.3 Å². The minimum absolute atomic E-state index is 0.0161. The van der Waals surface area contributed by atoms with Crippen molar-refractivity contribution in [1.82, 2.24) is 10.2 Å². The largest absolute Gasteiger partial charge is 0.493 e. The summed E-state index contributed by atoms with van der Waals surface area (Å²) in [7, 11) is -1.51. The molecule has 0 bridgehead atoms. The molecular formula is C33H38Cl3N3O6S. The van der Waals surface area contributed by atoms with Crippen LogP contribution in [0, 0.1) is 0 Å². The van der Waals surface area contributed by atoms with Gasteiger partial charge in [-0.15, -0.1) is 0 Å². The summed E-state index contributed by atoms with van der Waals surface area (Å²) in [5.41, 5.74) is 0.765. The highest BCUT2D eigenvalue weighted by Gasteiger charge is 2.35. The van der Waals surface area contributed by atoms with Crippen molar-refractivity contribution in [2.75, 3.05) is 25.1 Å². The van der Waals surface area contributed by atoms with Gasteiger partial charge in [-0.2, -0.15) is 0 Å². The fourth-order valence-corrected chi connectivity index (χ4v) is 7.56. The molecule has 3 aromatic carbocycles. The predicted molar refractivity (Wildman–Crippen MR) is 182 cm³/mol. The van der Waals surface area contributed by atoms with Crippen LogP contribution in [0.3, 0.4) is 0 Å². The second-order valence-electron chi connectivity index (χ2n) is 11.0. The van der Waals surface area contributed by atoms with E-state index in [1.165, 1.54) is 61.6 Å². The zero-order valence-electron chi connectivity index (χ0n) is 26.0. The molecule has 0 aliphatic heterocycles. The lowest BCUT2D eigenvalue weighted by molar-refractivity contribution is -0.140. The second-order valence-corrected chi connectivity index (χ2v) is 14.2. The maximum Gasteiger partial charge on any atom is 0.264 e. The summed E-state index contributed by atoms with van der Waals surface area (Å²) in [4.78, 5) is 29.4. The molecule has 248 valence electrons. The Morgan fingerprint density at radius 1 is 0.891 bits per heavy atom. The summed E-state index contributed by atoms with van der Waals surface area (Å²) in [5.74, 6) is -0.351. The van der Waals surface area contributed by atoms with Crippen molar-refractivity contribution in [1.29, 1.82) is 0 Å². The first-order valence-corrected chi connectivity index (χ1v) is 17.6. The van der Waals surface area contributed by atoms with E-state index >= 15 is 0 Å². The summed E-state index contributed by atoms with van der Waals surface area (Å²) >= 11 is 18.8. The molecule has 1 atom stereocenters. The summed E-state index contributed by atoms with van der Waals surface area (Å²) < 4.78 is 40.1. The molecule has 1 unspecified atom stereocenters. The average Bonchev–Trinajstić information content (AvgIpc) is 3.04. The fraction of sp³-hybridized carbons (Fsp3) is 0.394. The van der Waals surface area contributed by atoms with Crippen LogP contribution in [-0.4, -0.2) is 58.0 Å². The summed E-state index contributed by atoms with van der Waals surface area (Å²) in [6.07, 6.45) is 5.20. The molecule has 1 fully saturated rings. The van der Waals surface area contributed by atoms with Crippen molar-refractivity contribution >= 4 is 62.3 Å². The Morgan fingerprint density at radius 2 is 1.54 bits per heavy atom. The molecule has 1 saturated carbocycles. The number of nitrogens with one attached hydrogen (secondary N) is 1. The van der Waals surface area contributed by atoms with E-state index in [9.17, 15) is 18.0 Å². The fourth-order valence-electron chi connectivity index (χ4n) is 5.54. The van der Waals surface area contributed by atoms with Gasteiger partial charge in [0.2, 0.25) is 11.8 Å². The Labute approximate surface area is 285 Å². The molecule has 0 radical (unpaired) electrons. The highest BCUT2D eigenvalue weighted by atomic mass is 35.5. The first kappa shape index (κ1) is 35.7. The summed E-state index contributed by atoms with van der Waals surface area (Å²) in [6.45, 7) is 1.15. The van der Waals surface area contributed by atoms with Crippen molar-refractivity contribution < 1.29 is 27.5 Å². The molecular weight excluding hydrogens is 673 g/mol. The second kappa shape index (κ2) is 16.1. The van der Waals surface area contributed by atoms with Gasteiger partial charge >= 0.3 is 0 Å². The Kier molecular flexibility index (Phi) is 12.5. The number of ether oxygens (including phenoxy) is 2. The minimum Gasteiger partial charge on any atom is -0.493 e. The number of hydrogen-bond donors (Lipinski definition) is 1. The van der Waals surface area contributed by atoms with Crippen LogP contribution in [0.15, 0.2) is 65.6 Å². The van der Waals surface area contributed by atoms with Crippen LogP contribution in [0.25, 0.3) is 0 Å². The standard InChI is InChI=1S/C33H38Cl3N3O6S/c1-4-29(33(41)37-25-8-6-5-7-9-25)38(20-22-10-11-24(35)18-28(22)36)32(40)21-39(26-14-12-23(34)13-15-26)46(42,43)27-16-17-30(44-2)31(19-27)45-3/h10-19,25,29H,4-9,20-21H2,1-3H3,(H,37,41). The molecule has 0 aromatic heterocycles. The van der Waals surface area contributed by atoms with Crippen LogP contribution >= 0.6 is 34.8 Å². The number of rotatable bonds is 13. The number of sulfonamides is 1. The van der Waals surface area contributed by atoms with E-state index in [2.05, 4.69) is 5.32 Å². The molecule has 4 rings (SSSR count). The number of benzene rings is 3. The first-order valence-electron chi connectivity index (χ1n) is 15.0. The van der Waals surface area contributed by atoms with Gasteiger partial charge < -0.3 is 19.7 Å². The van der Waals surface area contributed by atoms with Gasteiger partial charge in [0.15, 0.2) is 11.5 Å². The van der Waals surface area contributed by atoms with Crippen molar-refractivity contribution in [2.24, 2.45) is 0 Å². The normalized spacial score (nSPS) is 14.3. The van der Waals surface area contributed by atoms with Crippen molar-refractivity contribution in [3.8, 4) is 11.5 Å². The van der Waals surface area contributed by atoms with Gasteiger partial charge in [0, 0.05) is 33.7 Å². The number of carbonyl (C=O) groups excluding carboxylic acids is 2. The van der Waals surface area contributed by atoms with Gasteiger partial charge in [0.1, 0.15) is 12.6 Å². The molecule has 1 aliphatic carbocycles. The van der Waals surface area contributed by atoms with E-state index in [1.807, 2.05) is 6.92 Å². The van der Waals surface area contributed by atoms with Crippen LogP contribution in [0.5, 0.6) is 11.5 Å². The SMILES string of the molecule is CCC(C(=O)NC1CCCCC1)N(Cc1ccc(Cl)cc1Cl)C(=O)CN(c1ccc(Cl)cc1)S(=O)(=O)c1ccc(OC)c(OC)c1. The monoisotopic (exact) mass is 709 g/mol. The molecule has 1 N–H and O–H groups in total. The predicted octanol–water partition coefficient (Wildman–Crippen LogP) is 7.12. The Balaban J connectivity index is 1.75. The van der Waals surface area contributed by atoms with Crippen molar-refractivity contribution in [2.45, 2.75) is 69.0 Å². The van der Waals surface area contributed by atoms with E-state index in [-0.39, 0.29) is 34.8 Å². The zero-order chi connectivity index (χ0) is 33.4. The maximum atomic E-state index is 14.4. The molecule has 3 aromatic rings. The lowest BCUT2D eigenvalue weighted by atomic mass is 9.95. The highest BCUT2D eigenvalue weighted by molar-refractivity contribution is 7.92. The van der Waals surface area contributed by atoms with E-state index in [0.717, 1.165) is 36.4 Å². The Morgan fingerprint density at radius 3 is 2.15 bits per heavy atom. The quantitative estimate of drug-likeness (QED) is 0.203. The molecule has 0 saturated heterocycles. The van der Waals surface area contributed by atoms with Crippen molar-refractivity contribution in [3.05, 3.63) is 81.3 Å². The summed E-state index contributed by atoms with van der Waals surface area (Å²) in [5, 5.41) is 4.26. The van der Waals surface area contributed by atoms with Gasteiger partial charge in [-0.05, 0) is 73.4 Å². The van der Waals surface area contributed by atoms with Gasteiger partial charge in [0.05, 0.1) is 24.8 Å². The molecule has 0 spiro atoms. The third kappa shape index (κ3) is 8.59. The number of hydrogen-bond acceptors (Lipinski definition) is 6. The number of halogens is 3. The van der Waals surface area contributed by atoms with Gasteiger partial charge in [-0.1, -0.05) is 67.1 Å². The van der Waals surface area contributed by atoms with E-state index in [0.29, 0.717) is 32.8 Å². The lowest BCUT2D eigenvalue weighted by Crippen LogP contribution is -2.54. The topological polar surface area (TPSA) is 105 Å². The summed E-state index contributed by atoms with van der Waals surface area (Å²) in [6, 6.07) is 14.3. The van der Waals surface area contributed by atoms with E-state index < -0.39 is 28.5 Å². The van der Waals surface area contributed by atoms with Crippen LogP contribution in [0.2, 0.25) is 15.1 Å². The molecule has 0 heterocycles. The molecule has 2 amide bonds. The van der Waals surface area contributed by atoms with Crippen LogP contribution in [0.4, 0.5) is 5.69 Å². The molecule has 1 aliphatic rings. The molecule has 13 heteroatoms. The number of carbonyl (C=O) groups is 2. The van der Waals surface area contributed by atoms with Gasteiger partial charge in [-0.3, -0.25) is 13.9 Å². The van der Waals surface area contributed by atoms with Gasteiger partial charge in [-0.25, -0.2) is 8.42 Å². The van der Waals surface area contributed by atoms with Crippen LogP contribution in [-0.2, 0) is 26.2 Å². The maximum absolute atomic E-state index is 14.4. The molecule has 9 nitrogen and oxygen atoms in total. The third-order valence-corrected chi connectivity index (χ3v) is 10.6. The smallest absolute Gasteiger partial charge is 0.264 e. The number of amides is 2. The van der Waals surface area contributed by atoms with Crippen molar-refractivity contribution in [3.63, 3.8) is 0 Å². The minimum atomic E-state index is -4.35. The Bertz CT molecular complexity index is 1630. The highest BCUT2D eigenvalue weighted by Crippen LogP contribution is 2.33. The number of methoxy groups -OCH3 is 2. The van der Waals surface area contributed by atoms with Crippen LogP contribution < -0.4 is 19.1 Å². The lowest BCUT2D eigenvalue weighted by Gasteiger charge is -2.34. The Hall–Kier alpha value is -3.18. The number of nitrogens with zero attached hydrogens (tertiary/aromatic N) is 2.